The minimum absolute atomic E-state index is 0.0660. The maximum Gasteiger partial charge on any atom is 0.246 e. The number of carbonyl (C=O) groups excluding carboxylic acids is 1. The van der Waals surface area contributed by atoms with Gasteiger partial charge in [0.15, 0.2) is 0 Å². The molecule has 2 heterocycles. The zero-order chi connectivity index (χ0) is 15.7. The summed E-state index contributed by atoms with van der Waals surface area (Å²) in [5, 5.41) is 0. The van der Waals surface area contributed by atoms with Gasteiger partial charge in [0.25, 0.3) is 0 Å². The molecule has 0 saturated heterocycles. The highest BCUT2D eigenvalue weighted by Crippen LogP contribution is 2.40. The molecule has 0 aliphatic carbocycles. The molecule has 1 aliphatic rings. The van der Waals surface area contributed by atoms with Gasteiger partial charge in [0, 0.05) is 17.3 Å². The molecule has 0 spiro atoms. The van der Waals surface area contributed by atoms with Gasteiger partial charge < -0.3 is 4.90 Å². The zero-order valence-electron chi connectivity index (χ0n) is 12.7. The summed E-state index contributed by atoms with van der Waals surface area (Å²) in [6, 6.07) is 10.4. The van der Waals surface area contributed by atoms with Crippen LogP contribution in [0.3, 0.4) is 0 Å². The van der Waals surface area contributed by atoms with E-state index in [-0.39, 0.29) is 11.8 Å². The molecular weight excluding hydrogens is 314 g/mol. The standard InChI is InChI=1S/C18H18ClNOS/c1-3-6-18(21)20-10-15(13-8-5-4-7-12(13)2)14-9-17(19)22-16(14)11-20/h3-9,15H,10-11H2,1-2H3. The first-order chi connectivity index (χ1) is 10.6. The van der Waals surface area contributed by atoms with Crippen molar-refractivity contribution < 1.29 is 4.79 Å². The SMILES string of the molecule is CC=CC(=O)N1Cc2sc(Cl)cc2C(c2ccccc2C)C1. The highest BCUT2D eigenvalue weighted by molar-refractivity contribution is 7.16. The van der Waals surface area contributed by atoms with Gasteiger partial charge in [-0.15, -0.1) is 11.3 Å². The van der Waals surface area contributed by atoms with Crippen molar-refractivity contribution in [1.29, 1.82) is 0 Å². The molecule has 1 aliphatic heterocycles. The number of hydrogen-bond donors (Lipinski definition) is 0. The quantitative estimate of drug-likeness (QED) is 0.726. The van der Waals surface area contributed by atoms with E-state index in [1.807, 2.05) is 17.9 Å². The van der Waals surface area contributed by atoms with Crippen LogP contribution in [0.4, 0.5) is 0 Å². The molecule has 1 aromatic heterocycles. The number of rotatable bonds is 2. The summed E-state index contributed by atoms with van der Waals surface area (Å²) >= 11 is 7.81. The number of allylic oxidation sites excluding steroid dienone is 1. The van der Waals surface area contributed by atoms with E-state index < -0.39 is 0 Å². The van der Waals surface area contributed by atoms with Crippen LogP contribution in [-0.4, -0.2) is 17.4 Å². The van der Waals surface area contributed by atoms with Crippen molar-refractivity contribution in [2.24, 2.45) is 0 Å². The van der Waals surface area contributed by atoms with Crippen molar-refractivity contribution in [1.82, 2.24) is 4.90 Å². The fourth-order valence-corrected chi connectivity index (χ4v) is 4.40. The van der Waals surface area contributed by atoms with E-state index in [1.54, 1.807) is 23.5 Å². The van der Waals surface area contributed by atoms with Gasteiger partial charge in [0.2, 0.25) is 5.91 Å². The topological polar surface area (TPSA) is 20.3 Å². The second-order valence-corrected chi connectivity index (χ2v) is 7.33. The number of benzene rings is 1. The molecule has 2 aromatic rings. The van der Waals surface area contributed by atoms with Crippen LogP contribution in [0.5, 0.6) is 0 Å². The molecule has 22 heavy (non-hydrogen) atoms. The zero-order valence-corrected chi connectivity index (χ0v) is 14.2. The van der Waals surface area contributed by atoms with Crippen LogP contribution in [0.15, 0.2) is 42.5 Å². The molecule has 0 N–H and O–H groups in total. The van der Waals surface area contributed by atoms with Gasteiger partial charge in [-0.05, 0) is 42.7 Å². The third-order valence-electron chi connectivity index (χ3n) is 4.11. The number of carbonyl (C=O) groups is 1. The summed E-state index contributed by atoms with van der Waals surface area (Å²) in [6.07, 6.45) is 3.43. The van der Waals surface area contributed by atoms with Crippen LogP contribution >= 0.6 is 22.9 Å². The highest BCUT2D eigenvalue weighted by Gasteiger charge is 2.30. The van der Waals surface area contributed by atoms with Crippen LogP contribution in [0.2, 0.25) is 4.34 Å². The fraction of sp³-hybridized carbons (Fsp3) is 0.278. The van der Waals surface area contributed by atoms with Gasteiger partial charge in [-0.1, -0.05) is 41.9 Å². The maximum atomic E-state index is 12.3. The number of aryl methyl sites for hydroxylation is 1. The Bertz CT molecular complexity index is 734. The van der Waals surface area contributed by atoms with E-state index >= 15 is 0 Å². The average Bonchev–Trinajstić information content (AvgIpc) is 2.87. The lowest BCUT2D eigenvalue weighted by Crippen LogP contribution is -2.37. The Morgan fingerprint density at radius 1 is 1.36 bits per heavy atom. The second-order valence-electron chi connectivity index (χ2n) is 5.56. The Labute approximate surface area is 140 Å². The van der Waals surface area contributed by atoms with Crippen molar-refractivity contribution in [3.63, 3.8) is 0 Å². The summed E-state index contributed by atoms with van der Waals surface area (Å²) in [5.41, 5.74) is 3.80. The van der Waals surface area contributed by atoms with E-state index in [4.69, 9.17) is 11.6 Å². The molecule has 0 saturated carbocycles. The van der Waals surface area contributed by atoms with E-state index in [0.717, 1.165) is 4.34 Å². The molecule has 114 valence electrons. The van der Waals surface area contributed by atoms with E-state index in [0.29, 0.717) is 13.1 Å². The summed E-state index contributed by atoms with van der Waals surface area (Å²) in [5.74, 6) is 0.263. The van der Waals surface area contributed by atoms with Crippen molar-refractivity contribution >= 4 is 28.8 Å². The summed E-state index contributed by atoms with van der Waals surface area (Å²) in [7, 11) is 0. The molecular formula is C18H18ClNOS. The van der Waals surface area contributed by atoms with Gasteiger partial charge in [-0.2, -0.15) is 0 Å². The molecule has 3 rings (SSSR count). The van der Waals surface area contributed by atoms with Gasteiger partial charge in [0.1, 0.15) is 0 Å². The molecule has 0 radical (unpaired) electrons. The monoisotopic (exact) mass is 331 g/mol. The van der Waals surface area contributed by atoms with Gasteiger partial charge in [-0.25, -0.2) is 0 Å². The molecule has 1 amide bonds. The van der Waals surface area contributed by atoms with Crippen molar-refractivity contribution in [2.75, 3.05) is 6.54 Å². The first-order valence-electron chi connectivity index (χ1n) is 7.35. The fourth-order valence-electron chi connectivity index (χ4n) is 3.04. The molecule has 1 unspecified atom stereocenters. The van der Waals surface area contributed by atoms with E-state index in [2.05, 4.69) is 31.2 Å². The first-order valence-corrected chi connectivity index (χ1v) is 8.55. The lowest BCUT2D eigenvalue weighted by molar-refractivity contribution is -0.127. The van der Waals surface area contributed by atoms with Crippen LogP contribution in [0.25, 0.3) is 0 Å². The van der Waals surface area contributed by atoms with Crippen LogP contribution < -0.4 is 0 Å². The van der Waals surface area contributed by atoms with E-state index in [1.165, 1.54) is 21.6 Å². The lowest BCUT2D eigenvalue weighted by atomic mass is 9.86. The minimum atomic E-state index is 0.0660. The number of halogens is 1. The third-order valence-corrected chi connectivity index (χ3v) is 5.37. The molecule has 1 aromatic carbocycles. The summed E-state index contributed by atoms with van der Waals surface area (Å²) in [6.45, 7) is 5.34. The number of thiophene rings is 1. The second kappa shape index (κ2) is 6.27. The van der Waals surface area contributed by atoms with Gasteiger partial charge in [-0.3, -0.25) is 4.79 Å². The number of hydrogen-bond acceptors (Lipinski definition) is 2. The predicted octanol–water partition coefficient (Wildman–Crippen LogP) is 4.76. The Balaban J connectivity index is 2.04. The number of nitrogens with zero attached hydrogens (tertiary/aromatic N) is 1. The Morgan fingerprint density at radius 3 is 2.86 bits per heavy atom. The molecule has 2 nitrogen and oxygen atoms in total. The minimum Gasteiger partial charge on any atom is -0.333 e. The normalized spacial score (nSPS) is 17.8. The van der Waals surface area contributed by atoms with Gasteiger partial charge >= 0.3 is 0 Å². The molecule has 4 heteroatoms. The molecule has 1 atom stereocenters. The smallest absolute Gasteiger partial charge is 0.246 e. The first kappa shape index (κ1) is 15.3. The van der Waals surface area contributed by atoms with E-state index in [9.17, 15) is 4.79 Å². The third kappa shape index (κ3) is 2.83. The summed E-state index contributed by atoms with van der Waals surface area (Å²) < 4.78 is 0.795. The highest BCUT2D eigenvalue weighted by atomic mass is 35.5. The Morgan fingerprint density at radius 2 is 2.14 bits per heavy atom. The maximum absolute atomic E-state index is 12.3. The molecule has 0 bridgehead atoms. The largest absolute Gasteiger partial charge is 0.333 e. The van der Waals surface area contributed by atoms with Gasteiger partial charge in [0.05, 0.1) is 10.9 Å². The Hall–Kier alpha value is -1.58. The van der Waals surface area contributed by atoms with Crippen LogP contribution in [0.1, 0.15) is 34.4 Å². The van der Waals surface area contributed by atoms with Crippen LogP contribution in [0, 0.1) is 6.92 Å². The Kier molecular flexibility index (Phi) is 4.37. The lowest BCUT2D eigenvalue weighted by Gasteiger charge is -2.33. The van der Waals surface area contributed by atoms with Crippen molar-refractivity contribution in [2.45, 2.75) is 26.3 Å². The summed E-state index contributed by atoms with van der Waals surface area (Å²) in [4.78, 5) is 15.4. The van der Waals surface area contributed by atoms with Crippen LogP contribution in [-0.2, 0) is 11.3 Å². The predicted molar refractivity (Wildman–Crippen MR) is 92.6 cm³/mol. The number of amides is 1. The van der Waals surface area contributed by atoms with Crippen molar-refractivity contribution in [3.8, 4) is 0 Å². The number of fused-ring (bicyclic) bond motifs is 1. The average molecular weight is 332 g/mol. The molecule has 0 fully saturated rings. The van der Waals surface area contributed by atoms with Crippen molar-refractivity contribution in [3.05, 3.63) is 68.4 Å².